The average molecular weight is 261 g/mol. The van der Waals surface area contributed by atoms with E-state index in [9.17, 15) is 4.79 Å². The first kappa shape index (κ1) is 12.8. The number of ether oxygens (including phenoxy) is 1. The Morgan fingerprint density at radius 3 is 2.44 bits per heavy atom. The third-order valence-electron chi connectivity index (χ3n) is 2.71. The number of nitrogens with two attached hydrogens (primary N) is 1. The maximum Gasteiger partial charge on any atom is 0.336 e. The van der Waals surface area contributed by atoms with E-state index in [1.54, 1.807) is 13.0 Å². The molecule has 18 heavy (non-hydrogen) atoms. The minimum absolute atomic E-state index is 0.449. The molecular weight excluding hydrogens is 246 g/mol. The summed E-state index contributed by atoms with van der Waals surface area (Å²) < 4.78 is 5.31. The van der Waals surface area contributed by atoms with Crippen molar-refractivity contribution in [3.63, 3.8) is 0 Å². The second-order valence-corrected chi connectivity index (χ2v) is 5.57. The van der Waals surface area contributed by atoms with Crippen LogP contribution in [-0.2, 0) is 10.3 Å². The summed E-state index contributed by atoms with van der Waals surface area (Å²) in [5.41, 5.74) is 5.67. The van der Waals surface area contributed by atoms with Crippen molar-refractivity contribution in [2.24, 2.45) is 5.73 Å². The Bertz CT molecular complexity index is 546. The van der Waals surface area contributed by atoms with Crippen molar-refractivity contribution in [1.82, 2.24) is 0 Å². The third-order valence-corrected chi connectivity index (χ3v) is 3.59. The Morgan fingerprint density at radius 1 is 1.22 bits per heavy atom. The van der Waals surface area contributed by atoms with Gasteiger partial charge in [0.2, 0.25) is 0 Å². The van der Waals surface area contributed by atoms with Crippen molar-refractivity contribution < 1.29 is 9.53 Å². The van der Waals surface area contributed by atoms with E-state index in [2.05, 4.69) is 0 Å². The van der Waals surface area contributed by atoms with Gasteiger partial charge in [-0.15, -0.1) is 11.3 Å². The van der Waals surface area contributed by atoms with E-state index in [1.807, 2.05) is 43.3 Å². The first-order valence-electron chi connectivity index (χ1n) is 5.63. The van der Waals surface area contributed by atoms with Crippen LogP contribution in [0.1, 0.15) is 17.4 Å². The number of esters is 1. The summed E-state index contributed by atoms with van der Waals surface area (Å²) in [6.45, 7) is 3.62. The van der Waals surface area contributed by atoms with Crippen LogP contribution in [0.2, 0.25) is 0 Å². The first-order valence-corrected chi connectivity index (χ1v) is 6.45. The van der Waals surface area contributed by atoms with E-state index in [0.29, 0.717) is 5.06 Å². The maximum atomic E-state index is 12.1. The second-order valence-electron chi connectivity index (χ2n) is 4.32. The predicted molar refractivity (Wildman–Crippen MR) is 72.7 cm³/mol. The summed E-state index contributed by atoms with van der Waals surface area (Å²) in [5.74, 6) is -0.449. The molecule has 1 aromatic heterocycles. The lowest BCUT2D eigenvalue weighted by Crippen LogP contribution is -2.44. The van der Waals surface area contributed by atoms with Crippen LogP contribution in [0.5, 0.6) is 5.06 Å². The monoisotopic (exact) mass is 261 g/mol. The molecule has 1 unspecified atom stereocenters. The van der Waals surface area contributed by atoms with Gasteiger partial charge in [0, 0.05) is 4.88 Å². The Labute approximate surface area is 110 Å². The number of aryl methyl sites for hydroxylation is 1. The van der Waals surface area contributed by atoms with E-state index in [1.165, 1.54) is 11.3 Å². The van der Waals surface area contributed by atoms with Crippen molar-refractivity contribution in [2.45, 2.75) is 19.4 Å². The highest BCUT2D eigenvalue weighted by Crippen LogP contribution is 2.26. The first-order chi connectivity index (χ1) is 8.50. The molecular formula is C14H15NO2S. The molecule has 0 bridgehead atoms. The number of thiophene rings is 1. The lowest BCUT2D eigenvalue weighted by Gasteiger charge is -2.22. The number of benzene rings is 1. The molecule has 0 aliphatic rings. The van der Waals surface area contributed by atoms with Gasteiger partial charge in [0.25, 0.3) is 0 Å². The molecule has 3 nitrogen and oxygen atoms in total. The minimum Gasteiger partial charge on any atom is -0.414 e. The van der Waals surface area contributed by atoms with Gasteiger partial charge in [-0.2, -0.15) is 0 Å². The van der Waals surface area contributed by atoms with Gasteiger partial charge in [0.15, 0.2) is 5.06 Å². The number of rotatable bonds is 3. The molecule has 94 valence electrons. The van der Waals surface area contributed by atoms with E-state index in [-0.39, 0.29) is 0 Å². The zero-order valence-electron chi connectivity index (χ0n) is 10.3. The molecule has 0 fully saturated rings. The van der Waals surface area contributed by atoms with Crippen molar-refractivity contribution in [2.75, 3.05) is 0 Å². The SMILES string of the molecule is Cc1ccc(OC(=O)C(C)(N)c2ccccc2)s1. The Morgan fingerprint density at radius 2 is 1.89 bits per heavy atom. The largest absolute Gasteiger partial charge is 0.414 e. The third kappa shape index (κ3) is 2.60. The number of hydrogen-bond donors (Lipinski definition) is 1. The fourth-order valence-electron chi connectivity index (χ4n) is 1.57. The van der Waals surface area contributed by atoms with Gasteiger partial charge in [-0.1, -0.05) is 30.3 Å². The summed E-state index contributed by atoms with van der Waals surface area (Å²) in [6, 6.07) is 12.9. The van der Waals surface area contributed by atoms with Crippen LogP contribution in [0.25, 0.3) is 0 Å². The number of carbonyl (C=O) groups is 1. The van der Waals surface area contributed by atoms with Gasteiger partial charge in [0.1, 0.15) is 5.54 Å². The number of carbonyl (C=O) groups excluding carboxylic acids is 1. The van der Waals surface area contributed by atoms with Crippen molar-refractivity contribution in [3.8, 4) is 5.06 Å². The highest BCUT2D eigenvalue weighted by Gasteiger charge is 2.32. The summed E-state index contributed by atoms with van der Waals surface area (Å²) in [6.07, 6.45) is 0. The Kier molecular flexibility index (Phi) is 3.50. The van der Waals surface area contributed by atoms with Crippen molar-refractivity contribution >= 4 is 17.3 Å². The highest BCUT2D eigenvalue weighted by atomic mass is 32.1. The van der Waals surface area contributed by atoms with Crippen LogP contribution in [0.4, 0.5) is 0 Å². The molecule has 1 aromatic carbocycles. The molecule has 1 heterocycles. The Hall–Kier alpha value is -1.65. The topological polar surface area (TPSA) is 52.3 Å². The van der Waals surface area contributed by atoms with Crippen LogP contribution in [0.15, 0.2) is 42.5 Å². The standard InChI is InChI=1S/C14H15NO2S/c1-10-8-9-12(18-10)17-13(16)14(2,15)11-6-4-3-5-7-11/h3-9H,15H2,1-2H3. The van der Waals surface area contributed by atoms with Crippen molar-refractivity contribution in [1.29, 1.82) is 0 Å². The lowest BCUT2D eigenvalue weighted by atomic mass is 9.93. The van der Waals surface area contributed by atoms with Gasteiger partial charge in [0.05, 0.1) is 0 Å². The lowest BCUT2D eigenvalue weighted by molar-refractivity contribution is -0.139. The van der Waals surface area contributed by atoms with Gasteiger partial charge in [-0.05, 0) is 31.5 Å². The van der Waals surface area contributed by atoms with E-state index in [0.717, 1.165) is 10.4 Å². The van der Waals surface area contributed by atoms with E-state index >= 15 is 0 Å². The zero-order valence-corrected chi connectivity index (χ0v) is 11.2. The van der Waals surface area contributed by atoms with Gasteiger partial charge < -0.3 is 10.5 Å². The van der Waals surface area contributed by atoms with Gasteiger partial charge in [-0.25, -0.2) is 4.79 Å². The average Bonchev–Trinajstić information content (AvgIpc) is 2.76. The second kappa shape index (κ2) is 4.92. The molecule has 4 heteroatoms. The minimum atomic E-state index is -1.14. The smallest absolute Gasteiger partial charge is 0.336 e. The fraction of sp³-hybridized carbons (Fsp3) is 0.214. The number of hydrogen-bond acceptors (Lipinski definition) is 4. The fourth-order valence-corrected chi connectivity index (χ4v) is 2.27. The summed E-state index contributed by atoms with van der Waals surface area (Å²) in [5, 5.41) is 0.574. The highest BCUT2D eigenvalue weighted by molar-refractivity contribution is 7.13. The van der Waals surface area contributed by atoms with Crippen LogP contribution < -0.4 is 10.5 Å². The normalized spacial score (nSPS) is 13.9. The molecule has 2 aromatic rings. The molecule has 2 rings (SSSR count). The molecule has 0 amide bonds. The molecule has 2 N–H and O–H groups in total. The quantitative estimate of drug-likeness (QED) is 0.864. The van der Waals surface area contributed by atoms with E-state index in [4.69, 9.17) is 10.5 Å². The molecule has 1 atom stereocenters. The van der Waals surface area contributed by atoms with Crippen molar-refractivity contribution in [3.05, 3.63) is 52.9 Å². The maximum absolute atomic E-state index is 12.1. The summed E-state index contributed by atoms with van der Waals surface area (Å²) in [7, 11) is 0. The summed E-state index contributed by atoms with van der Waals surface area (Å²) >= 11 is 1.43. The molecule has 0 saturated heterocycles. The molecule has 0 radical (unpaired) electrons. The van der Waals surface area contributed by atoms with Crippen LogP contribution in [-0.4, -0.2) is 5.97 Å². The van der Waals surface area contributed by atoms with Gasteiger partial charge >= 0.3 is 5.97 Å². The van der Waals surface area contributed by atoms with E-state index < -0.39 is 11.5 Å². The van der Waals surface area contributed by atoms with Gasteiger partial charge in [-0.3, -0.25) is 0 Å². The summed E-state index contributed by atoms with van der Waals surface area (Å²) in [4.78, 5) is 13.2. The molecule has 0 aliphatic carbocycles. The molecule has 0 aliphatic heterocycles. The zero-order chi connectivity index (χ0) is 13.2. The molecule has 0 spiro atoms. The van der Waals surface area contributed by atoms with Crippen LogP contribution in [0, 0.1) is 6.92 Å². The van der Waals surface area contributed by atoms with Crippen LogP contribution >= 0.6 is 11.3 Å². The molecule has 0 saturated carbocycles. The predicted octanol–water partition coefficient (Wildman–Crippen LogP) is 2.84. The Balaban J connectivity index is 2.18. The van der Waals surface area contributed by atoms with Crippen LogP contribution in [0.3, 0.4) is 0 Å².